The van der Waals surface area contributed by atoms with Crippen LogP contribution in [0.1, 0.15) is 24.3 Å². The van der Waals surface area contributed by atoms with E-state index in [1.807, 2.05) is 16.7 Å². The number of hydrogen-bond acceptors (Lipinski definition) is 4. The third kappa shape index (κ3) is 2.39. The molecule has 1 aliphatic rings. The van der Waals surface area contributed by atoms with Crippen molar-refractivity contribution in [3.8, 4) is 0 Å². The van der Waals surface area contributed by atoms with Crippen LogP contribution in [0.3, 0.4) is 0 Å². The Balaban J connectivity index is 2.23. The molecule has 1 amide bonds. The second-order valence-electron chi connectivity index (χ2n) is 4.26. The number of nitrogens with two attached hydrogens (primary N) is 1. The number of anilines is 1. The predicted octanol–water partition coefficient (Wildman–Crippen LogP) is 1.63. The molecule has 2 atom stereocenters. The summed E-state index contributed by atoms with van der Waals surface area (Å²) in [7, 11) is 0. The van der Waals surface area contributed by atoms with Gasteiger partial charge in [0.25, 0.3) is 5.91 Å². The molecule has 0 aromatic carbocycles. The van der Waals surface area contributed by atoms with E-state index in [9.17, 15) is 4.79 Å². The standard InChI is InChI=1S/C12H17N3OS/c1-8-9(2)17-7-6-15(8)12(16)11-10(13)4-3-5-14-11/h3-5,8-9H,6-7,13H2,1-2H3. The van der Waals surface area contributed by atoms with Crippen molar-refractivity contribution in [3.63, 3.8) is 0 Å². The van der Waals surface area contributed by atoms with Crippen molar-refractivity contribution >= 4 is 23.4 Å². The van der Waals surface area contributed by atoms with Gasteiger partial charge in [-0.2, -0.15) is 11.8 Å². The molecule has 0 saturated carbocycles. The number of carbonyl (C=O) groups is 1. The summed E-state index contributed by atoms with van der Waals surface area (Å²) in [5.41, 5.74) is 6.62. The summed E-state index contributed by atoms with van der Waals surface area (Å²) in [6.07, 6.45) is 1.61. The van der Waals surface area contributed by atoms with Crippen molar-refractivity contribution in [2.24, 2.45) is 0 Å². The Bertz CT molecular complexity index is 424. The van der Waals surface area contributed by atoms with Crippen LogP contribution in [0.2, 0.25) is 0 Å². The molecule has 2 N–H and O–H groups in total. The fourth-order valence-electron chi connectivity index (χ4n) is 1.95. The molecule has 2 heterocycles. The normalized spacial score (nSPS) is 24.7. The van der Waals surface area contributed by atoms with Gasteiger partial charge in [-0.15, -0.1) is 0 Å². The predicted molar refractivity (Wildman–Crippen MR) is 71.1 cm³/mol. The van der Waals surface area contributed by atoms with E-state index >= 15 is 0 Å². The number of aromatic nitrogens is 1. The van der Waals surface area contributed by atoms with E-state index in [2.05, 4.69) is 18.8 Å². The third-order valence-corrected chi connectivity index (χ3v) is 4.52. The molecule has 5 heteroatoms. The lowest BCUT2D eigenvalue weighted by molar-refractivity contribution is 0.0693. The second kappa shape index (κ2) is 4.96. The van der Waals surface area contributed by atoms with Crippen LogP contribution in [-0.2, 0) is 0 Å². The van der Waals surface area contributed by atoms with Crippen LogP contribution < -0.4 is 5.73 Å². The molecule has 0 aliphatic carbocycles. The Morgan fingerprint density at radius 2 is 2.35 bits per heavy atom. The van der Waals surface area contributed by atoms with Crippen molar-refractivity contribution in [3.05, 3.63) is 24.0 Å². The smallest absolute Gasteiger partial charge is 0.274 e. The van der Waals surface area contributed by atoms with Gasteiger partial charge < -0.3 is 10.6 Å². The molecule has 1 aromatic heterocycles. The molecule has 0 spiro atoms. The van der Waals surface area contributed by atoms with Crippen LogP contribution in [-0.4, -0.2) is 39.4 Å². The molecule has 1 aliphatic heterocycles. The summed E-state index contributed by atoms with van der Waals surface area (Å²) >= 11 is 1.90. The minimum atomic E-state index is -0.0530. The first-order valence-corrected chi connectivity index (χ1v) is 6.79. The first kappa shape index (κ1) is 12.2. The lowest BCUT2D eigenvalue weighted by Gasteiger charge is -2.37. The van der Waals surface area contributed by atoms with Crippen molar-refractivity contribution in [1.29, 1.82) is 0 Å². The van der Waals surface area contributed by atoms with Gasteiger partial charge in [0.15, 0.2) is 5.69 Å². The fourth-order valence-corrected chi connectivity index (χ4v) is 3.05. The zero-order valence-electron chi connectivity index (χ0n) is 10.1. The van der Waals surface area contributed by atoms with E-state index in [0.29, 0.717) is 16.6 Å². The molecule has 92 valence electrons. The topological polar surface area (TPSA) is 59.2 Å². The summed E-state index contributed by atoms with van der Waals surface area (Å²) in [6, 6.07) is 3.68. The number of nitrogen functional groups attached to an aromatic ring is 1. The number of amides is 1. The number of hydrogen-bond donors (Lipinski definition) is 1. The SMILES string of the molecule is CC1SCCN(C(=O)c2ncccc2N)C1C. The van der Waals surface area contributed by atoms with E-state index in [1.165, 1.54) is 0 Å². The summed E-state index contributed by atoms with van der Waals surface area (Å²) in [5.74, 6) is 0.923. The van der Waals surface area contributed by atoms with Crippen LogP contribution in [0.5, 0.6) is 0 Å². The van der Waals surface area contributed by atoms with Gasteiger partial charge in [0.2, 0.25) is 0 Å². The Hall–Kier alpha value is -1.23. The molecule has 1 fully saturated rings. The highest BCUT2D eigenvalue weighted by Crippen LogP contribution is 2.26. The number of thioether (sulfide) groups is 1. The van der Waals surface area contributed by atoms with E-state index in [4.69, 9.17) is 5.73 Å². The molecule has 0 radical (unpaired) electrons. The zero-order valence-corrected chi connectivity index (χ0v) is 10.9. The lowest BCUT2D eigenvalue weighted by atomic mass is 10.1. The van der Waals surface area contributed by atoms with Crippen molar-refractivity contribution in [2.45, 2.75) is 25.1 Å². The van der Waals surface area contributed by atoms with Gasteiger partial charge in [-0.05, 0) is 19.1 Å². The van der Waals surface area contributed by atoms with E-state index in [1.54, 1.807) is 18.3 Å². The van der Waals surface area contributed by atoms with Gasteiger partial charge in [0.1, 0.15) is 0 Å². The third-order valence-electron chi connectivity index (χ3n) is 3.19. The summed E-state index contributed by atoms with van der Waals surface area (Å²) in [6.45, 7) is 5.00. The molecular formula is C12H17N3OS. The molecule has 4 nitrogen and oxygen atoms in total. The largest absolute Gasteiger partial charge is 0.397 e. The summed E-state index contributed by atoms with van der Waals surface area (Å²) < 4.78 is 0. The number of nitrogens with zero attached hydrogens (tertiary/aromatic N) is 2. The Morgan fingerprint density at radius 3 is 3.06 bits per heavy atom. The maximum atomic E-state index is 12.4. The highest BCUT2D eigenvalue weighted by Gasteiger charge is 2.30. The Morgan fingerprint density at radius 1 is 1.59 bits per heavy atom. The highest BCUT2D eigenvalue weighted by atomic mass is 32.2. The summed E-state index contributed by atoms with van der Waals surface area (Å²) in [5, 5.41) is 0.456. The quantitative estimate of drug-likeness (QED) is 0.824. The second-order valence-corrected chi connectivity index (χ2v) is 5.74. The van der Waals surface area contributed by atoms with E-state index < -0.39 is 0 Å². The molecular weight excluding hydrogens is 234 g/mol. The minimum absolute atomic E-state index is 0.0530. The molecule has 1 aromatic rings. The lowest BCUT2D eigenvalue weighted by Crippen LogP contribution is -2.48. The zero-order chi connectivity index (χ0) is 12.4. The first-order valence-electron chi connectivity index (χ1n) is 5.74. The van der Waals surface area contributed by atoms with Crippen LogP contribution >= 0.6 is 11.8 Å². The van der Waals surface area contributed by atoms with Crippen molar-refractivity contribution in [1.82, 2.24) is 9.88 Å². The Kier molecular flexibility index (Phi) is 3.57. The van der Waals surface area contributed by atoms with E-state index in [0.717, 1.165) is 12.3 Å². The average molecular weight is 251 g/mol. The van der Waals surface area contributed by atoms with Crippen LogP contribution in [0, 0.1) is 0 Å². The molecule has 2 unspecified atom stereocenters. The van der Waals surface area contributed by atoms with Gasteiger partial charge in [0.05, 0.1) is 5.69 Å². The van der Waals surface area contributed by atoms with Crippen LogP contribution in [0.4, 0.5) is 5.69 Å². The van der Waals surface area contributed by atoms with Crippen LogP contribution in [0.15, 0.2) is 18.3 Å². The molecule has 2 rings (SSSR count). The monoisotopic (exact) mass is 251 g/mol. The molecule has 1 saturated heterocycles. The minimum Gasteiger partial charge on any atom is -0.397 e. The average Bonchev–Trinajstić information content (AvgIpc) is 2.32. The maximum Gasteiger partial charge on any atom is 0.274 e. The maximum absolute atomic E-state index is 12.4. The van der Waals surface area contributed by atoms with Crippen molar-refractivity contribution in [2.75, 3.05) is 18.0 Å². The number of rotatable bonds is 1. The number of carbonyl (C=O) groups excluding carboxylic acids is 1. The highest BCUT2D eigenvalue weighted by molar-refractivity contribution is 8.00. The fraction of sp³-hybridized carbons (Fsp3) is 0.500. The van der Waals surface area contributed by atoms with Gasteiger partial charge in [-0.1, -0.05) is 6.92 Å². The van der Waals surface area contributed by atoms with Gasteiger partial charge in [-0.3, -0.25) is 4.79 Å². The number of pyridine rings is 1. The van der Waals surface area contributed by atoms with Gasteiger partial charge in [0, 0.05) is 29.8 Å². The van der Waals surface area contributed by atoms with E-state index in [-0.39, 0.29) is 11.9 Å². The molecule has 17 heavy (non-hydrogen) atoms. The van der Waals surface area contributed by atoms with Crippen LogP contribution in [0.25, 0.3) is 0 Å². The summed E-state index contributed by atoms with van der Waals surface area (Å²) in [4.78, 5) is 18.3. The van der Waals surface area contributed by atoms with Gasteiger partial charge >= 0.3 is 0 Å². The Labute approximate surface area is 106 Å². The molecule has 0 bridgehead atoms. The first-order chi connectivity index (χ1) is 8.11. The van der Waals surface area contributed by atoms with Crippen molar-refractivity contribution < 1.29 is 4.79 Å². The van der Waals surface area contributed by atoms with Gasteiger partial charge in [-0.25, -0.2) is 4.98 Å².